The maximum Gasteiger partial charge on any atom is 0.222 e. The van der Waals surface area contributed by atoms with E-state index in [9.17, 15) is 14.1 Å². The number of rotatable bonds is 3. The van der Waals surface area contributed by atoms with Gasteiger partial charge in [0.25, 0.3) is 0 Å². The van der Waals surface area contributed by atoms with Gasteiger partial charge in [-0.3, -0.25) is 4.79 Å². The number of pyridine rings is 1. The van der Waals surface area contributed by atoms with Gasteiger partial charge in [-0.25, -0.2) is 4.98 Å². The number of aromatic nitrogens is 1. The van der Waals surface area contributed by atoms with Crippen LogP contribution in [0.3, 0.4) is 0 Å². The van der Waals surface area contributed by atoms with E-state index in [1.165, 1.54) is 33.8 Å². The van der Waals surface area contributed by atoms with Crippen molar-refractivity contribution in [1.29, 1.82) is 0 Å². The second-order valence-corrected chi connectivity index (χ2v) is 3.99. The normalized spacial score (nSPS) is 8.33. The molecule has 0 radical (unpaired) electrons. The largest absolute Gasteiger partial charge is 0.311 e. The average molecular weight is 297 g/mol. The van der Waals surface area contributed by atoms with Crippen LogP contribution in [0, 0.1) is 0 Å². The van der Waals surface area contributed by atoms with Gasteiger partial charge in [0.15, 0.2) is 5.82 Å². The lowest BCUT2D eigenvalue weighted by atomic mass is 10.4. The molecule has 0 unspecified atom stereocenters. The summed E-state index contributed by atoms with van der Waals surface area (Å²) in [5, 5.41) is 2.82. The molecule has 118 valence electrons. The summed E-state index contributed by atoms with van der Waals surface area (Å²) in [5.74, 6) is 0.318. The van der Waals surface area contributed by atoms with Gasteiger partial charge < -0.3 is 10.1 Å². The molecule has 0 aromatic carbocycles. The van der Waals surface area contributed by atoms with Gasteiger partial charge in [-0.05, 0) is 32.9 Å². The van der Waals surface area contributed by atoms with Gasteiger partial charge in [-0.2, -0.15) is 5.12 Å². The first-order valence-electron chi connectivity index (χ1n) is 6.57. The molecular formula is C15H24FN3O2. The van der Waals surface area contributed by atoms with Crippen LogP contribution in [-0.2, 0) is 9.59 Å². The lowest BCUT2D eigenvalue weighted by molar-refractivity contribution is -0.115. The lowest BCUT2D eigenvalue weighted by Crippen LogP contribution is -2.12. The predicted molar refractivity (Wildman–Crippen MR) is 84.6 cm³/mol. The first-order valence-corrected chi connectivity index (χ1v) is 6.57. The molecule has 0 spiro atoms. The van der Waals surface area contributed by atoms with Crippen LogP contribution in [0.15, 0.2) is 30.5 Å². The quantitative estimate of drug-likeness (QED) is 0.860. The molecule has 1 aromatic rings. The van der Waals surface area contributed by atoms with E-state index in [1.54, 1.807) is 12.1 Å². The highest BCUT2D eigenvalue weighted by Crippen LogP contribution is 2.17. The third-order valence-electron chi connectivity index (χ3n) is 1.57. The molecule has 0 atom stereocenters. The Morgan fingerprint density at radius 3 is 2.05 bits per heavy atom. The van der Waals surface area contributed by atoms with Crippen molar-refractivity contribution in [2.24, 2.45) is 0 Å². The lowest BCUT2D eigenvalue weighted by Gasteiger charge is -2.12. The molecule has 0 aliphatic heterocycles. The standard InChI is InChI=1S/C10H12FN3O.C3H6O.C2H6/c1-7(2)14(11)10-6-4-5-9(13-10)12-8(3)15;1-3(2)4;1-2/h4-6H,1H2,2-3H3,(H,12,13,15);1-2H3;1-2H3. The summed E-state index contributed by atoms with van der Waals surface area (Å²) in [7, 11) is 0. The number of halogens is 1. The molecule has 0 bridgehead atoms. The summed E-state index contributed by atoms with van der Waals surface area (Å²) in [5.41, 5.74) is 0.225. The van der Waals surface area contributed by atoms with Gasteiger partial charge in [0.05, 0.1) is 0 Å². The molecule has 1 rings (SSSR count). The zero-order chi connectivity index (χ0) is 17.0. The van der Waals surface area contributed by atoms with E-state index in [0.717, 1.165) is 0 Å². The van der Waals surface area contributed by atoms with E-state index in [1.807, 2.05) is 13.8 Å². The average Bonchev–Trinajstić information content (AvgIpc) is 2.39. The monoisotopic (exact) mass is 297 g/mol. The maximum atomic E-state index is 13.3. The second kappa shape index (κ2) is 11.6. The summed E-state index contributed by atoms with van der Waals surface area (Å²) in [6.07, 6.45) is 0. The van der Waals surface area contributed by atoms with Crippen LogP contribution < -0.4 is 10.4 Å². The molecule has 6 heteroatoms. The molecule has 0 fully saturated rings. The van der Waals surface area contributed by atoms with Crippen molar-refractivity contribution in [1.82, 2.24) is 4.98 Å². The van der Waals surface area contributed by atoms with Gasteiger partial charge in [0.2, 0.25) is 5.91 Å². The van der Waals surface area contributed by atoms with Gasteiger partial charge in [-0.15, -0.1) is 0 Å². The minimum Gasteiger partial charge on any atom is -0.311 e. The number of allylic oxidation sites excluding steroid dienone is 1. The number of carbonyl (C=O) groups is 2. The highest BCUT2D eigenvalue weighted by atomic mass is 19.2. The predicted octanol–water partition coefficient (Wildman–Crippen LogP) is 3.89. The highest BCUT2D eigenvalue weighted by molar-refractivity contribution is 5.87. The molecular weight excluding hydrogens is 273 g/mol. The van der Waals surface area contributed by atoms with E-state index in [2.05, 4.69) is 16.9 Å². The Morgan fingerprint density at radius 1 is 1.19 bits per heavy atom. The fraction of sp³-hybridized carbons (Fsp3) is 0.400. The molecule has 1 amide bonds. The highest BCUT2D eigenvalue weighted by Gasteiger charge is 2.07. The molecule has 1 aromatic heterocycles. The molecule has 0 aliphatic carbocycles. The van der Waals surface area contributed by atoms with Crippen LogP contribution in [-0.4, -0.2) is 16.7 Å². The topological polar surface area (TPSA) is 62.3 Å². The summed E-state index contributed by atoms with van der Waals surface area (Å²) in [6, 6.07) is 4.67. The van der Waals surface area contributed by atoms with Crippen molar-refractivity contribution < 1.29 is 14.1 Å². The third kappa shape index (κ3) is 11.3. The van der Waals surface area contributed by atoms with E-state index in [4.69, 9.17) is 0 Å². The van der Waals surface area contributed by atoms with Gasteiger partial charge in [0, 0.05) is 12.6 Å². The molecule has 1 heterocycles. The summed E-state index contributed by atoms with van der Waals surface area (Å²) in [6.45, 7) is 13.4. The van der Waals surface area contributed by atoms with Crippen LogP contribution >= 0.6 is 0 Å². The second-order valence-electron chi connectivity index (χ2n) is 3.99. The molecule has 0 aliphatic rings. The maximum absolute atomic E-state index is 13.3. The minimum absolute atomic E-state index is 0.0914. The zero-order valence-corrected chi connectivity index (χ0v) is 13.5. The number of nitrogens with zero attached hydrogens (tertiary/aromatic N) is 2. The first-order chi connectivity index (χ1) is 9.73. The van der Waals surface area contributed by atoms with Crippen LogP contribution in [0.2, 0.25) is 0 Å². The Kier molecular flexibility index (Phi) is 11.6. The third-order valence-corrected chi connectivity index (χ3v) is 1.57. The van der Waals surface area contributed by atoms with Crippen molar-refractivity contribution in [3.05, 3.63) is 30.5 Å². The summed E-state index contributed by atoms with van der Waals surface area (Å²) < 4.78 is 13.3. The Labute approximate surface area is 125 Å². The number of anilines is 2. The van der Waals surface area contributed by atoms with Crippen LogP contribution in [0.25, 0.3) is 0 Å². The number of hydrogen-bond acceptors (Lipinski definition) is 4. The number of hydrogen-bond donors (Lipinski definition) is 1. The van der Waals surface area contributed by atoms with Crippen LogP contribution in [0.5, 0.6) is 0 Å². The Hall–Kier alpha value is -2.24. The first kappa shape index (κ1) is 21.1. The summed E-state index contributed by atoms with van der Waals surface area (Å²) >= 11 is 0. The van der Waals surface area contributed by atoms with Gasteiger partial charge in [0.1, 0.15) is 11.6 Å². The fourth-order valence-corrected chi connectivity index (χ4v) is 0.978. The van der Waals surface area contributed by atoms with Crippen molar-refractivity contribution in [3.63, 3.8) is 0 Å². The molecule has 5 nitrogen and oxygen atoms in total. The number of Topliss-reactive ketones (excluding diaryl/α,β-unsaturated/α-hetero) is 1. The summed E-state index contributed by atoms with van der Waals surface area (Å²) in [4.78, 5) is 24.1. The molecule has 0 saturated heterocycles. The van der Waals surface area contributed by atoms with E-state index in [0.29, 0.717) is 10.9 Å². The smallest absolute Gasteiger partial charge is 0.222 e. The van der Waals surface area contributed by atoms with E-state index in [-0.39, 0.29) is 23.2 Å². The number of nitrogens with one attached hydrogen (secondary N) is 1. The van der Waals surface area contributed by atoms with Crippen LogP contribution in [0.1, 0.15) is 41.5 Å². The van der Waals surface area contributed by atoms with Crippen molar-refractivity contribution in [2.45, 2.75) is 41.5 Å². The zero-order valence-electron chi connectivity index (χ0n) is 13.5. The number of ketones is 1. The van der Waals surface area contributed by atoms with E-state index >= 15 is 0 Å². The van der Waals surface area contributed by atoms with E-state index < -0.39 is 0 Å². The van der Waals surface area contributed by atoms with Crippen LogP contribution in [0.4, 0.5) is 16.1 Å². The van der Waals surface area contributed by atoms with Crippen molar-refractivity contribution >= 4 is 23.3 Å². The van der Waals surface area contributed by atoms with Crippen molar-refractivity contribution in [2.75, 3.05) is 10.4 Å². The molecule has 0 saturated carbocycles. The fourth-order valence-electron chi connectivity index (χ4n) is 0.978. The molecule has 1 N–H and O–H groups in total. The molecule has 21 heavy (non-hydrogen) atoms. The number of amides is 1. The minimum atomic E-state index is -0.250. The Balaban J connectivity index is 0. The van der Waals surface area contributed by atoms with Gasteiger partial charge in [-0.1, -0.05) is 31.0 Å². The Bertz CT molecular complexity index is 472. The van der Waals surface area contributed by atoms with Gasteiger partial charge >= 0.3 is 0 Å². The van der Waals surface area contributed by atoms with Crippen molar-refractivity contribution in [3.8, 4) is 0 Å². The Morgan fingerprint density at radius 2 is 1.67 bits per heavy atom. The SMILES string of the molecule is C=C(C)N(F)c1cccc(NC(C)=O)n1.CC.CC(C)=O. The number of carbonyl (C=O) groups excluding carboxylic acids is 2.